The van der Waals surface area contributed by atoms with Gasteiger partial charge in [0.2, 0.25) is 0 Å². The average molecular weight is 248 g/mol. The van der Waals surface area contributed by atoms with Crippen molar-refractivity contribution in [1.29, 1.82) is 0 Å². The van der Waals surface area contributed by atoms with Crippen LogP contribution in [0.5, 0.6) is 11.5 Å². The molecule has 8 heteroatoms. The summed E-state index contributed by atoms with van der Waals surface area (Å²) in [6, 6.07) is 4.74. The smallest absolute Gasteiger partial charge is 0.417 e. The summed E-state index contributed by atoms with van der Waals surface area (Å²) in [6.45, 7) is 0. The molecule has 0 saturated heterocycles. The molecule has 0 aliphatic heterocycles. The van der Waals surface area contributed by atoms with Crippen LogP contribution in [0, 0.1) is 0 Å². The van der Waals surface area contributed by atoms with Gasteiger partial charge in [-0.25, -0.2) is 4.57 Å². The first-order valence-corrected chi connectivity index (χ1v) is 5.88. The minimum atomic E-state index is -4.31. The SMILES string of the molecule is COc1ccc(NNP(=O)(O)O)cc1OC. The van der Waals surface area contributed by atoms with Crippen molar-refractivity contribution in [3.63, 3.8) is 0 Å². The molecule has 0 aliphatic rings. The molecular weight excluding hydrogens is 235 g/mol. The Morgan fingerprint density at radius 2 is 1.81 bits per heavy atom. The van der Waals surface area contributed by atoms with Crippen LogP contribution in [-0.2, 0) is 4.57 Å². The summed E-state index contributed by atoms with van der Waals surface area (Å²) in [7, 11) is -1.34. The van der Waals surface area contributed by atoms with E-state index in [1.54, 1.807) is 18.2 Å². The van der Waals surface area contributed by atoms with Crippen LogP contribution in [0.4, 0.5) is 5.69 Å². The highest BCUT2D eigenvalue weighted by Crippen LogP contribution is 2.31. The maximum atomic E-state index is 10.5. The molecule has 0 saturated carbocycles. The standard InChI is InChI=1S/C8H13N2O5P/c1-14-7-4-3-6(5-8(7)15-2)9-10-16(11,12)13/h3-5,9H,1-2H3,(H3,10,11,12,13). The second-order valence-electron chi connectivity index (χ2n) is 2.85. The van der Waals surface area contributed by atoms with Crippen LogP contribution in [0.2, 0.25) is 0 Å². The zero-order valence-corrected chi connectivity index (χ0v) is 9.69. The molecule has 0 aromatic heterocycles. The molecular formula is C8H13N2O5P. The maximum absolute atomic E-state index is 10.5. The molecule has 0 heterocycles. The van der Waals surface area contributed by atoms with Gasteiger partial charge >= 0.3 is 7.75 Å². The lowest BCUT2D eigenvalue weighted by Gasteiger charge is -2.12. The van der Waals surface area contributed by atoms with Gasteiger partial charge in [0, 0.05) is 6.07 Å². The van der Waals surface area contributed by atoms with Crippen LogP contribution in [0.1, 0.15) is 0 Å². The molecule has 0 spiro atoms. The quantitative estimate of drug-likeness (QED) is 0.450. The molecule has 1 aromatic rings. The normalized spacial score (nSPS) is 11.0. The molecule has 0 aliphatic carbocycles. The summed E-state index contributed by atoms with van der Waals surface area (Å²) in [5, 5.41) is 1.85. The molecule has 0 unspecified atom stereocenters. The number of hydrogen-bond donors (Lipinski definition) is 4. The van der Waals surface area contributed by atoms with Crippen LogP contribution in [-0.4, -0.2) is 24.0 Å². The Balaban J connectivity index is 2.79. The third-order valence-electron chi connectivity index (χ3n) is 1.73. The lowest BCUT2D eigenvalue weighted by atomic mass is 10.3. The highest BCUT2D eigenvalue weighted by atomic mass is 31.2. The van der Waals surface area contributed by atoms with E-state index in [0.29, 0.717) is 17.2 Å². The van der Waals surface area contributed by atoms with E-state index in [0.717, 1.165) is 0 Å². The minimum Gasteiger partial charge on any atom is -0.493 e. The second kappa shape index (κ2) is 5.18. The van der Waals surface area contributed by atoms with Gasteiger partial charge in [-0.15, -0.1) is 5.20 Å². The van der Waals surface area contributed by atoms with Crippen molar-refractivity contribution < 1.29 is 23.8 Å². The second-order valence-corrected chi connectivity index (χ2v) is 4.16. The third kappa shape index (κ3) is 3.71. The van der Waals surface area contributed by atoms with Crippen LogP contribution in [0.3, 0.4) is 0 Å². The van der Waals surface area contributed by atoms with Crippen molar-refractivity contribution in [2.75, 3.05) is 19.6 Å². The highest BCUT2D eigenvalue weighted by molar-refractivity contribution is 7.49. The van der Waals surface area contributed by atoms with Crippen LogP contribution in [0.15, 0.2) is 18.2 Å². The van der Waals surface area contributed by atoms with Crippen molar-refractivity contribution in [3.8, 4) is 11.5 Å². The Morgan fingerprint density at radius 1 is 1.19 bits per heavy atom. The number of methoxy groups -OCH3 is 2. The van der Waals surface area contributed by atoms with Gasteiger partial charge in [0.25, 0.3) is 0 Å². The van der Waals surface area contributed by atoms with Crippen LogP contribution < -0.4 is 20.1 Å². The van der Waals surface area contributed by atoms with Gasteiger partial charge in [-0.1, -0.05) is 0 Å². The van der Waals surface area contributed by atoms with E-state index in [2.05, 4.69) is 5.43 Å². The number of benzene rings is 1. The van der Waals surface area contributed by atoms with Crippen molar-refractivity contribution in [2.24, 2.45) is 0 Å². The Labute approximate surface area is 92.6 Å². The molecule has 90 valence electrons. The van der Waals surface area contributed by atoms with E-state index in [1.807, 2.05) is 5.20 Å². The topological polar surface area (TPSA) is 100 Å². The summed E-state index contributed by atoms with van der Waals surface area (Å²) in [4.78, 5) is 17.2. The molecule has 16 heavy (non-hydrogen) atoms. The number of hydrogen-bond acceptors (Lipinski definition) is 4. The van der Waals surface area contributed by atoms with E-state index in [4.69, 9.17) is 19.3 Å². The van der Waals surface area contributed by atoms with Crippen molar-refractivity contribution >= 4 is 13.4 Å². The van der Waals surface area contributed by atoms with Crippen LogP contribution >= 0.6 is 7.75 Å². The minimum absolute atomic E-state index is 0.445. The van der Waals surface area contributed by atoms with Gasteiger partial charge in [-0.2, -0.15) is 0 Å². The van der Waals surface area contributed by atoms with Crippen molar-refractivity contribution in [1.82, 2.24) is 5.20 Å². The fourth-order valence-electron chi connectivity index (χ4n) is 1.05. The van der Waals surface area contributed by atoms with Gasteiger partial charge in [0.1, 0.15) is 0 Å². The number of anilines is 1. The molecule has 0 radical (unpaired) electrons. The van der Waals surface area contributed by atoms with E-state index < -0.39 is 7.75 Å². The van der Waals surface area contributed by atoms with E-state index in [-0.39, 0.29) is 0 Å². The summed E-state index contributed by atoms with van der Waals surface area (Å²) < 4.78 is 20.6. The predicted octanol–water partition coefficient (Wildman–Crippen LogP) is 0.713. The first-order valence-electron chi connectivity index (χ1n) is 4.27. The fourth-order valence-corrected chi connectivity index (χ4v) is 1.33. The molecule has 0 amide bonds. The highest BCUT2D eigenvalue weighted by Gasteiger charge is 2.11. The third-order valence-corrected chi connectivity index (χ3v) is 2.13. The van der Waals surface area contributed by atoms with Crippen molar-refractivity contribution in [3.05, 3.63) is 18.2 Å². The zero-order chi connectivity index (χ0) is 12.2. The van der Waals surface area contributed by atoms with Crippen LogP contribution in [0.25, 0.3) is 0 Å². The lowest BCUT2D eigenvalue weighted by Crippen LogP contribution is -2.17. The fraction of sp³-hybridized carbons (Fsp3) is 0.250. The molecule has 7 nitrogen and oxygen atoms in total. The molecule has 4 N–H and O–H groups in total. The summed E-state index contributed by atoms with van der Waals surface area (Å²) in [5.41, 5.74) is 2.81. The first-order chi connectivity index (χ1) is 7.46. The lowest BCUT2D eigenvalue weighted by molar-refractivity contribution is 0.355. The van der Waals surface area contributed by atoms with E-state index in [1.165, 1.54) is 14.2 Å². The number of ether oxygens (including phenoxy) is 2. The number of nitrogens with one attached hydrogen (secondary N) is 2. The largest absolute Gasteiger partial charge is 0.493 e. The van der Waals surface area contributed by atoms with E-state index >= 15 is 0 Å². The van der Waals surface area contributed by atoms with Gasteiger partial charge in [0.05, 0.1) is 19.9 Å². The summed E-state index contributed by atoms with van der Waals surface area (Å²) in [5.74, 6) is 0.990. The molecule has 0 bridgehead atoms. The zero-order valence-electron chi connectivity index (χ0n) is 8.80. The molecule has 1 rings (SSSR count). The summed E-state index contributed by atoms with van der Waals surface area (Å²) >= 11 is 0. The number of hydrazine groups is 1. The monoisotopic (exact) mass is 248 g/mol. The average Bonchev–Trinajstić information content (AvgIpc) is 2.25. The Hall–Kier alpha value is -1.27. The van der Waals surface area contributed by atoms with E-state index in [9.17, 15) is 4.57 Å². The Bertz CT molecular complexity index is 405. The molecule has 0 fully saturated rings. The predicted molar refractivity (Wildman–Crippen MR) is 58.3 cm³/mol. The summed E-state index contributed by atoms with van der Waals surface area (Å²) in [6.07, 6.45) is 0. The Morgan fingerprint density at radius 3 is 2.31 bits per heavy atom. The van der Waals surface area contributed by atoms with Gasteiger partial charge in [-0.05, 0) is 12.1 Å². The number of rotatable bonds is 5. The molecule has 0 atom stereocenters. The first kappa shape index (κ1) is 12.8. The van der Waals surface area contributed by atoms with Gasteiger partial charge < -0.3 is 24.7 Å². The van der Waals surface area contributed by atoms with Gasteiger partial charge in [-0.3, -0.25) is 0 Å². The Kier molecular flexibility index (Phi) is 4.14. The van der Waals surface area contributed by atoms with Crippen molar-refractivity contribution in [2.45, 2.75) is 0 Å². The maximum Gasteiger partial charge on any atom is 0.417 e. The van der Waals surface area contributed by atoms with Gasteiger partial charge in [0.15, 0.2) is 11.5 Å². The molecule has 1 aromatic carbocycles.